The minimum absolute atomic E-state index is 0.266. The maximum Gasteiger partial charge on any atom is 0.344 e. The molecule has 28 heavy (non-hydrogen) atoms. The van der Waals surface area contributed by atoms with E-state index in [1.807, 2.05) is 6.92 Å². The van der Waals surface area contributed by atoms with Crippen LogP contribution < -0.4 is 5.32 Å². The number of thiophene rings is 1. The Kier molecular flexibility index (Phi) is 6.15. The number of hydrogen-bond donors (Lipinski definition) is 1. The lowest BCUT2D eigenvalue weighted by Crippen LogP contribution is -2.30. The molecule has 7 nitrogen and oxygen atoms in total. The summed E-state index contributed by atoms with van der Waals surface area (Å²) in [6, 6.07) is 2.23. The van der Waals surface area contributed by atoms with Crippen molar-refractivity contribution >= 4 is 28.2 Å². The number of esters is 1. The summed E-state index contributed by atoms with van der Waals surface area (Å²) in [4.78, 5) is 26.2. The zero-order valence-corrected chi connectivity index (χ0v) is 17.1. The van der Waals surface area contributed by atoms with Crippen molar-refractivity contribution in [1.29, 1.82) is 5.26 Å². The highest BCUT2D eigenvalue weighted by Gasteiger charge is 2.27. The molecular weight excluding hydrogens is 378 g/mol. The molecule has 148 valence electrons. The second-order valence-electron chi connectivity index (χ2n) is 6.83. The average Bonchev–Trinajstić information content (AvgIpc) is 3.12. The summed E-state index contributed by atoms with van der Waals surface area (Å²) >= 11 is 1.45. The van der Waals surface area contributed by atoms with Crippen LogP contribution in [0.5, 0.6) is 0 Å². The number of fused-ring (bicyclic) bond motifs is 1. The van der Waals surface area contributed by atoms with Crippen molar-refractivity contribution in [3.63, 3.8) is 0 Å². The number of nitriles is 1. The number of hydrogen-bond acceptors (Lipinski definition) is 7. The van der Waals surface area contributed by atoms with E-state index in [9.17, 15) is 14.9 Å². The summed E-state index contributed by atoms with van der Waals surface area (Å²) in [6.07, 6.45) is 4.61. The Balaban J connectivity index is 1.72. The van der Waals surface area contributed by atoms with Crippen LogP contribution in [0.25, 0.3) is 0 Å². The minimum Gasteiger partial charge on any atom is -0.449 e. The third kappa shape index (κ3) is 3.94. The monoisotopic (exact) mass is 401 g/mol. The predicted octanol–water partition coefficient (Wildman–Crippen LogP) is 3.93. The molecule has 1 atom stereocenters. The van der Waals surface area contributed by atoms with E-state index >= 15 is 0 Å². The molecule has 2 aromatic rings. The number of amides is 1. The van der Waals surface area contributed by atoms with Gasteiger partial charge >= 0.3 is 5.97 Å². The fourth-order valence-corrected chi connectivity index (χ4v) is 4.60. The summed E-state index contributed by atoms with van der Waals surface area (Å²) in [5.74, 6) is -0.739. The van der Waals surface area contributed by atoms with Crippen LogP contribution in [0.2, 0.25) is 0 Å². The first-order chi connectivity index (χ1) is 13.5. The maximum absolute atomic E-state index is 12.6. The van der Waals surface area contributed by atoms with Gasteiger partial charge in [0.1, 0.15) is 22.4 Å². The first-order valence-electron chi connectivity index (χ1n) is 9.47. The Morgan fingerprint density at radius 3 is 2.82 bits per heavy atom. The Hall–Kier alpha value is -2.66. The molecule has 2 aromatic heterocycles. The van der Waals surface area contributed by atoms with Crippen LogP contribution in [0.1, 0.15) is 70.9 Å². The number of anilines is 1. The Bertz CT molecular complexity index is 938. The molecule has 8 heteroatoms. The number of carbonyl (C=O) groups excluding carboxylic acids is 2. The number of nitrogens with zero attached hydrogens (tertiary/aromatic N) is 2. The van der Waals surface area contributed by atoms with Crippen molar-refractivity contribution in [2.75, 3.05) is 5.32 Å². The molecule has 0 saturated carbocycles. The lowest BCUT2D eigenvalue weighted by Gasteiger charge is -2.13. The zero-order valence-electron chi connectivity index (χ0n) is 16.3. The fourth-order valence-electron chi connectivity index (χ4n) is 3.36. The number of nitrogens with one attached hydrogen (secondary N) is 1. The molecular formula is C20H23N3O4S. The van der Waals surface area contributed by atoms with E-state index in [0.29, 0.717) is 28.4 Å². The molecule has 0 unspecified atom stereocenters. The lowest BCUT2D eigenvalue weighted by atomic mass is 10.1. The van der Waals surface area contributed by atoms with E-state index in [-0.39, 0.29) is 5.56 Å². The molecule has 0 aromatic carbocycles. The zero-order chi connectivity index (χ0) is 20.3. The van der Waals surface area contributed by atoms with Gasteiger partial charge in [0, 0.05) is 4.88 Å². The predicted molar refractivity (Wildman–Crippen MR) is 104 cm³/mol. The van der Waals surface area contributed by atoms with Crippen molar-refractivity contribution in [1.82, 2.24) is 5.16 Å². The van der Waals surface area contributed by atoms with E-state index in [1.165, 1.54) is 23.1 Å². The van der Waals surface area contributed by atoms with Crippen LogP contribution >= 0.6 is 11.3 Å². The molecule has 0 radical (unpaired) electrons. The highest BCUT2D eigenvalue weighted by molar-refractivity contribution is 7.16. The number of rotatable bonds is 5. The number of aromatic nitrogens is 1. The second kappa shape index (κ2) is 8.57. The fraction of sp³-hybridized carbons (Fsp3) is 0.500. The van der Waals surface area contributed by atoms with E-state index in [0.717, 1.165) is 37.7 Å². The maximum atomic E-state index is 12.6. The van der Waals surface area contributed by atoms with Gasteiger partial charge in [-0.25, -0.2) is 4.79 Å². The first-order valence-corrected chi connectivity index (χ1v) is 10.3. The molecule has 0 spiro atoms. The van der Waals surface area contributed by atoms with Gasteiger partial charge in [0.2, 0.25) is 0 Å². The first kappa shape index (κ1) is 20.1. The van der Waals surface area contributed by atoms with Crippen molar-refractivity contribution < 1.29 is 18.8 Å². The molecule has 2 heterocycles. The minimum atomic E-state index is -1.01. The molecule has 1 aliphatic carbocycles. The molecule has 3 rings (SSSR count). The largest absolute Gasteiger partial charge is 0.449 e. The molecule has 0 aliphatic heterocycles. The second-order valence-corrected chi connectivity index (χ2v) is 7.94. The molecule has 0 saturated heterocycles. The molecule has 1 amide bonds. The van der Waals surface area contributed by atoms with Crippen molar-refractivity contribution in [2.45, 2.75) is 65.4 Å². The summed E-state index contributed by atoms with van der Waals surface area (Å²) in [7, 11) is 0. The van der Waals surface area contributed by atoms with Crippen LogP contribution in [0.4, 0.5) is 5.00 Å². The van der Waals surface area contributed by atoms with Gasteiger partial charge in [-0.15, -0.1) is 11.3 Å². The van der Waals surface area contributed by atoms with Crippen molar-refractivity contribution in [2.24, 2.45) is 0 Å². The third-order valence-corrected chi connectivity index (χ3v) is 6.10. The van der Waals surface area contributed by atoms with Crippen LogP contribution in [-0.2, 0) is 28.8 Å². The van der Waals surface area contributed by atoms with Crippen LogP contribution in [0, 0.1) is 18.3 Å². The van der Waals surface area contributed by atoms with Gasteiger partial charge in [-0.05, 0) is 51.5 Å². The Morgan fingerprint density at radius 1 is 1.36 bits per heavy atom. The molecule has 0 bridgehead atoms. The van der Waals surface area contributed by atoms with Crippen LogP contribution in [-0.4, -0.2) is 23.1 Å². The van der Waals surface area contributed by atoms with Crippen molar-refractivity contribution in [3.05, 3.63) is 33.0 Å². The van der Waals surface area contributed by atoms with Gasteiger partial charge in [-0.2, -0.15) is 5.26 Å². The highest BCUT2D eigenvalue weighted by Crippen LogP contribution is 2.37. The summed E-state index contributed by atoms with van der Waals surface area (Å²) in [5.41, 5.74) is 2.36. The van der Waals surface area contributed by atoms with Gasteiger partial charge in [0.15, 0.2) is 6.10 Å². The van der Waals surface area contributed by atoms with Gasteiger partial charge < -0.3 is 14.6 Å². The smallest absolute Gasteiger partial charge is 0.344 e. The lowest BCUT2D eigenvalue weighted by molar-refractivity contribution is -0.123. The van der Waals surface area contributed by atoms with E-state index in [2.05, 4.69) is 16.5 Å². The quantitative estimate of drug-likeness (QED) is 0.601. The highest BCUT2D eigenvalue weighted by atomic mass is 32.1. The topological polar surface area (TPSA) is 105 Å². The Morgan fingerprint density at radius 2 is 2.11 bits per heavy atom. The van der Waals surface area contributed by atoms with Gasteiger partial charge in [0.25, 0.3) is 5.91 Å². The standard InChI is InChI=1S/C20H23N3O4S/c1-4-15-17(11(2)27-23-15)20(25)26-12(3)18(24)22-19-14(10-21)13-8-6-5-7-9-16(13)28-19/h12H,4-9H2,1-3H3,(H,22,24)/t12-/m0/s1. The number of carbonyl (C=O) groups is 2. The van der Waals surface area contributed by atoms with Gasteiger partial charge in [0.05, 0.1) is 11.3 Å². The van der Waals surface area contributed by atoms with E-state index < -0.39 is 18.0 Å². The number of ether oxygens (including phenoxy) is 1. The number of aryl methyl sites for hydroxylation is 3. The van der Waals surface area contributed by atoms with E-state index in [4.69, 9.17) is 9.26 Å². The van der Waals surface area contributed by atoms with Gasteiger partial charge in [-0.1, -0.05) is 18.5 Å². The SMILES string of the molecule is CCc1noc(C)c1C(=O)O[C@@H](C)C(=O)Nc1sc2c(c1C#N)CCCCC2. The summed E-state index contributed by atoms with van der Waals surface area (Å²) < 4.78 is 10.4. The normalized spacial score (nSPS) is 14.5. The third-order valence-electron chi connectivity index (χ3n) is 4.90. The Labute approximate surface area is 167 Å². The molecule has 1 aliphatic rings. The van der Waals surface area contributed by atoms with Crippen LogP contribution in [0.15, 0.2) is 4.52 Å². The molecule has 1 N–H and O–H groups in total. The summed E-state index contributed by atoms with van der Waals surface area (Å²) in [6.45, 7) is 4.99. The van der Waals surface area contributed by atoms with Gasteiger partial charge in [-0.3, -0.25) is 4.79 Å². The van der Waals surface area contributed by atoms with Crippen LogP contribution in [0.3, 0.4) is 0 Å². The van der Waals surface area contributed by atoms with Crippen molar-refractivity contribution in [3.8, 4) is 6.07 Å². The average molecular weight is 401 g/mol. The molecule has 0 fully saturated rings. The van der Waals surface area contributed by atoms with E-state index in [1.54, 1.807) is 6.92 Å². The summed E-state index contributed by atoms with van der Waals surface area (Å²) in [5, 5.41) is 16.7.